The Kier molecular flexibility index (Phi) is 4.24. The highest BCUT2D eigenvalue weighted by Gasteiger charge is 2.43. The Morgan fingerprint density at radius 1 is 1.26 bits per heavy atom. The van der Waals surface area contributed by atoms with E-state index < -0.39 is 0 Å². The summed E-state index contributed by atoms with van der Waals surface area (Å²) in [6.07, 6.45) is 7.85. The van der Waals surface area contributed by atoms with Crippen LogP contribution in [0.2, 0.25) is 0 Å². The molecule has 3 heteroatoms. The molecular formula is C16H30N2O. The smallest absolute Gasteiger partial charge is 0.242 e. The van der Waals surface area contributed by atoms with Crippen molar-refractivity contribution in [2.45, 2.75) is 77.3 Å². The third kappa shape index (κ3) is 2.96. The summed E-state index contributed by atoms with van der Waals surface area (Å²) in [5.41, 5.74) is 0.205. The Morgan fingerprint density at radius 2 is 1.89 bits per heavy atom. The maximum absolute atomic E-state index is 12.8. The van der Waals surface area contributed by atoms with Gasteiger partial charge in [-0.3, -0.25) is 4.79 Å². The number of hydrogen-bond acceptors (Lipinski definition) is 2. The number of rotatable bonds is 3. The molecule has 1 aliphatic heterocycles. The second kappa shape index (κ2) is 5.43. The molecule has 2 aliphatic rings. The van der Waals surface area contributed by atoms with E-state index in [2.05, 4.69) is 31.0 Å². The lowest BCUT2D eigenvalue weighted by molar-refractivity contribution is -0.139. The fourth-order valence-electron chi connectivity index (χ4n) is 3.72. The molecule has 1 unspecified atom stereocenters. The van der Waals surface area contributed by atoms with E-state index in [1.807, 2.05) is 7.05 Å². The van der Waals surface area contributed by atoms with Crippen LogP contribution in [0.5, 0.6) is 0 Å². The maximum Gasteiger partial charge on any atom is 0.242 e. The lowest BCUT2D eigenvalue weighted by Crippen LogP contribution is -2.56. The topological polar surface area (TPSA) is 32.3 Å². The number of amides is 1. The van der Waals surface area contributed by atoms with Crippen LogP contribution in [0.1, 0.15) is 65.7 Å². The Hall–Kier alpha value is -0.570. The van der Waals surface area contributed by atoms with E-state index >= 15 is 0 Å². The predicted molar refractivity (Wildman–Crippen MR) is 79.1 cm³/mol. The Bertz CT molecular complexity index is 322. The van der Waals surface area contributed by atoms with Crippen LogP contribution in [0.4, 0.5) is 0 Å². The predicted octanol–water partition coefficient (Wildman–Crippen LogP) is 2.95. The molecule has 1 amide bonds. The third-order valence-corrected chi connectivity index (χ3v) is 5.43. The SMILES string of the molecule is CCC1(C(=O)N(C)C2CCC(C)(C)CC2)CCCN1. The van der Waals surface area contributed by atoms with Crippen molar-refractivity contribution in [2.24, 2.45) is 5.41 Å². The number of carbonyl (C=O) groups is 1. The molecule has 0 aromatic rings. The van der Waals surface area contributed by atoms with Gasteiger partial charge in [0, 0.05) is 13.1 Å². The minimum Gasteiger partial charge on any atom is -0.341 e. The summed E-state index contributed by atoms with van der Waals surface area (Å²) in [5.74, 6) is 0.331. The molecule has 0 aromatic heterocycles. The van der Waals surface area contributed by atoms with Crippen molar-refractivity contribution in [2.75, 3.05) is 13.6 Å². The first-order valence-corrected chi connectivity index (χ1v) is 7.92. The quantitative estimate of drug-likeness (QED) is 0.852. The normalized spacial score (nSPS) is 31.4. The Morgan fingerprint density at radius 3 is 2.37 bits per heavy atom. The van der Waals surface area contributed by atoms with E-state index in [1.54, 1.807) is 0 Å². The zero-order valence-electron chi connectivity index (χ0n) is 13.1. The van der Waals surface area contributed by atoms with Crippen molar-refractivity contribution in [1.82, 2.24) is 10.2 Å². The molecule has 0 radical (unpaired) electrons. The number of likely N-dealkylation sites (N-methyl/N-ethyl adjacent to an activating group) is 1. The summed E-state index contributed by atoms with van der Waals surface area (Å²) < 4.78 is 0. The van der Waals surface area contributed by atoms with Crippen molar-refractivity contribution in [3.8, 4) is 0 Å². The molecule has 2 fully saturated rings. The van der Waals surface area contributed by atoms with Crippen molar-refractivity contribution in [3.05, 3.63) is 0 Å². The first-order valence-electron chi connectivity index (χ1n) is 7.92. The molecule has 1 saturated carbocycles. The van der Waals surface area contributed by atoms with Crippen molar-refractivity contribution < 1.29 is 4.79 Å². The van der Waals surface area contributed by atoms with E-state index in [9.17, 15) is 4.79 Å². The first-order chi connectivity index (χ1) is 8.90. The van der Waals surface area contributed by atoms with Crippen LogP contribution in [0.15, 0.2) is 0 Å². The molecule has 19 heavy (non-hydrogen) atoms. The van der Waals surface area contributed by atoms with E-state index in [-0.39, 0.29) is 5.54 Å². The van der Waals surface area contributed by atoms with Gasteiger partial charge in [-0.2, -0.15) is 0 Å². The molecule has 1 saturated heterocycles. The van der Waals surface area contributed by atoms with Gasteiger partial charge < -0.3 is 10.2 Å². The summed E-state index contributed by atoms with van der Waals surface area (Å²) in [6, 6.07) is 0.450. The van der Waals surface area contributed by atoms with Gasteiger partial charge in [-0.1, -0.05) is 20.8 Å². The van der Waals surface area contributed by atoms with Gasteiger partial charge in [-0.25, -0.2) is 0 Å². The van der Waals surface area contributed by atoms with Crippen LogP contribution in [0.3, 0.4) is 0 Å². The van der Waals surface area contributed by atoms with E-state index in [0.717, 1.165) is 38.6 Å². The summed E-state index contributed by atoms with van der Waals surface area (Å²) in [6.45, 7) is 7.81. The van der Waals surface area contributed by atoms with Crippen LogP contribution in [0, 0.1) is 5.41 Å². The maximum atomic E-state index is 12.8. The summed E-state index contributed by atoms with van der Waals surface area (Å²) in [5, 5.41) is 3.46. The third-order valence-electron chi connectivity index (χ3n) is 5.43. The lowest BCUT2D eigenvalue weighted by atomic mass is 9.75. The number of carbonyl (C=O) groups excluding carboxylic acids is 1. The van der Waals surface area contributed by atoms with E-state index in [4.69, 9.17) is 0 Å². The molecule has 1 heterocycles. The average molecular weight is 266 g/mol. The highest BCUT2D eigenvalue weighted by molar-refractivity contribution is 5.86. The molecule has 0 spiro atoms. The van der Waals surface area contributed by atoms with Gasteiger partial charge >= 0.3 is 0 Å². The molecule has 1 N–H and O–H groups in total. The summed E-state index contributed by atoms with van der Waals surface area (Å²) in [7, 11) is 2.02. The average Bonchev–Trinajstić information content (AvgIpc) is 2.87. The first kappa shape index (κ1) is 14.8. The van der Waals surface area contributed by atoms with Gasteiger partial charge in [0.1, 0.15) is 0 Å². The molecule has 3 nitrogen and oxygen atoms in total. The second-order valence-corrected chi connectivity index (χ2v) is 7.28. The molecule has 1 aliphatic carbocycles. The lowest BCUT2D eigenvalue weighted by Gasteiger charge is -2.41. The van der Waals surface area contributed by atoms with Crippen LogP contribution in [-0.2, 0) is 4.79 Å². The summed E-state index contributed by atoms with van der Waals surface area (Å²) >= 11 is 0. The van der Waals surface area contributed by atoms with Crippen LogP contribution in [-0.4, -0.2) is 36.0 Å². The minimum atomic E-state index is -0.262. The molecule has 0 bridgehead atoms. The number of hydrogen-bond donors (Lipinski definition) is 1. The van der Waals surface area contributed by atoms with Gasteiger partial charge in [-0.05, 0) is 56.9 Å². The zero-order chi connectivity index (χ0) is 14.1. The zero-order valence-corrected chi connectivity index (χ0v) is 13.1. The van der Waals surface area contributed by atoms with Crippen LogP contribution < -0.4 is 5.32 Å². The fourth-order valence-corrected chi connectivity index (χ4v) is 3.72. The Balaban J connectivity index is 1.99. The summed E-state index contributed by atoms with van der Waals surface area (Å²) in [4.78, 5) is 14.9. The number of nitrogens with zero attached hydrogens (tertiary/aromatic N) is 1. The molecule has 2 rings (SSSR count). The van der Waals surface area contributed by atoms with Gasteiger partial charge in [0.05, 0.1) is 5.54 Å². The Labute approximate surface area is 118 Å². The molecule has 0 aromatic carbocycles. The standard InChI is InChI=1S/C16H30N2O/c1-5-16(9-6-12-17-16)14(19)18(4)13-7-10-15(2,3)11-8-13/h13,17H,5-12H2,1-4H3. The highest BCUT2D eigenvalue weighted by Crippen LogP contribution is 2.37. The molecule has 110 valence electrons. The van der Waals surface area contributed by atoms with E-state index in [0.29, 0.717) is 17.4 Å². The van der Waals surface area contributed by atoms with E-state index in [1.165, 1.54) is 12.8 Å². The molecule has 1 atom stereocenters. The van der Waals surface area contributed by atoms with Gasteiger partial charge in [-0.15, -0.1) is 0 Å². The van der Waals surface area contributed by atoms with Crippen LogP contribution in [0.25, 0.3) is 0 Å². The van der Waals surface area contributed by atoms with Crippen molar-refractivity contribution >= 4 is 5.91 Å². The molecular weight excluding hydrogens is 236 g/mol. The fraction of sp³-hybridized carbons (Fsp3) is 0.938. The number of nitrogens with one attached hydrogen (secondary N) is 1. The van der Waals surface area contributed by atoms with Gasteiger partial charge in [0.2, 0.25) is 5.91 Å². The minimum absolute atomic E-state index is 0.262. The van der Waals surface area contributed by atoms with Crippen molar-refractivity contribution in [1.29, 1.82) is 0 Å². The largest absolute Gasteiger partial charge is 0.341 e. The highest BCUT2D eigenvalue weighted by atomic mass is 16.2. The van der Waals surface area contributed by atoms with Gasteiger partial charge in [0.25, 0.3) is 0 Å². The van der Waals surface area contributed by atoms with Crippen LogP contribution >= 0.6 is 0 Å². The monoisotopic (exact) mass is 266 g/mol. The second-order valence-electron chi connectivity index (χ2n) is 7.28. The van der Waals surface area contributed by atoms with Gasteiger partial charge in [0.15, 0.2) is 0 Å². The van der Waals surface area contributed by atoms with Crippen molar-refractivity contribution in [3.63, 3.8) is 0 Å².